The van der Waals surface area contributed by atoms with E-state index in [-0.39, 0.29) is 18.3 Å². The van der Waals surface area contributed by atoms with Crippen LogP contribution in [0.2, 0.25) is 0 Å². The van der Waals surface area contributed by atoms with Crippen LogP contribution in [0, 0.1) is 12.7 Å². The molecule has 0 spiro atoms. The number of aromatic nitrogens is 3. The molecule has 2 heterocycles. The highest BCUT2D eigenvalue weighted by Crippen LogP contribution is 2.19. The molecule has 25 heavy (non-hydrogen) atoms. The van der Waals surface area contributed by atoms with Crippen LogP contribution in [-0.2, 0) is 17.8 Å². The molecule has 0 radical (unpaired) electrons. The van der Waals surface area contributed by atoms with Gasteiger partial charge in [-0.2, -0.15) is 4.98 Å². The number of carbonyl (C=O) groups excluding carboxylic acids is 1. The van der Waals surface area contributed by atoms with Gasteiger partial charge in [-0.05, 0) is 25.1 Å². The van der Waals surface area contributed by atoms with E-state index in [0.717, 1.165) is 0 Å². The van der Waals surface area contributed by atoms with E-state index in [9.17, 15) is 9.18 Å². The molecule has 0 aliphatic heterocycles. The minimum atomic E-state index is -0.389. The number of fused-ring (bicyclic) bond motifs is 1. The fourth-order valence-corrected chi connectivity index (χ4v) is 2.48. The van der Waals surface area contributed by atoms with Crippen molar-refractivity contribution < 1.29 is 18.4 Å². The standard InChI is InChI=1S/C17H17FN4O3/c1-10-7-13(12-4-3-11(18)8-14(12)20-10)17(23)19-6-5-16-21-15(9-24-2)22-25-16/h3-4,7-8H,5-6,9H2,1-2H3,(H,19,23). The fourth-order valence-electron chi connectivity index (χ4n) is 2.48. The van der Waals surface area contributed by atoms with Crippen molar-refractivity contribution in [3.8, 4) is 0 Å². The van der Waals surface area contributed by atoms with Crippen LogP contribution in [0.3, 0.4) is 0 Å². The maximum absolute atomic E-state index is 13.4. The number of hydrogen-bond acceptors (Lipinski definition) is 6. The summed E-state index contributed by atoms with van der Waals surface area (Å²) in [4.78, 5) is 20.9. The normalized spacial score (nSPS) is 11.0. The first kappa shape index (κ1) is 17.0. The maximum Gasteiger partial charge on any atom is 0.252 e. The maximum atomic E-state index is 13.4. The van der Waals surface area contributed by atoms with Crippen LogP contribution >= 0.6 is 0 Å². The summed E-state index contributed by atoms with van der Waals surface area (Å²) in [5.74, 6) is 0.228. The molecule has 3 aromatic rings. The number of halogens is 1. The monoisotopic (exact) mass is 344 g/mol. The second kappa shape index (κ2) is 7.35. The Kier molecular flexibility index (Phi) is 4.99. The molecule has 2 aromatic heterocycles. The molecular formula is C17H17FN4O3. The van der Waals surface area contributed by atoms with Crippen molar-refractivity contribution in [3.63, 3.8) is 0 Å². The number of methoxy groups -OCH3 is 1. The number of benzene rings is 1. The van der Waals surface area contributed by atoms with E-state index in [2.05, 4.69) is 20.4 Å². The van der Waals surface area contributed by atoms with Gasteiger partial charge in [-0.15, -0.1) is 0 Å². The van der Waals surface area contributed by atoms with Gasteiger partial charge in [-0.3, -0.25) is 9.78 Å². The number of hydrogen-bond donors (Lipinski definition) is 1. The minimum absolute atomic E-state index is 0.265. The minimum Gasteiger partial charge on any atom is -0.377 e. The summed E-state index contributed by atoms with van der Waals surface area (Å²) in [7, 11) is 1.54. The summed E-state index contributed by atoms with van der Waals surface area (Å²) in [5.41, 5.74) is 1.55. The molecule has 0 aliphatic rings. The molecule has 0 saturated carbocycles. The Morgan fingerprint density at radius 2 is 2.16 bits per heavy atom. The Balaban J connectivity index is 1.69. The lowest BCUT2D eigenvalue weighted by Crippen LogP contribution is -2.26. The van der Waals surface area contributed by atoms with E-state index in [1.54, 1.807) is 26.2 Å². The van der Waals surface area contributed by atoms with Gasteiger partial charge in [0.15, 0.2) is 5.82 Å². The third-order valence-electron chi connectivity index (χ3n) is 3.55. The van der Waals surface area contributed by atoms with Gasteiger partial charge < -0.3 is 14.6 Å². The van der Waals surface area contributed by atoms with Crippen LogP contribution < -0.4 is 5.32 Å². The van der Waals surface area contributed by atoms with Crippen LogP contribution in [0.25, 0.3) is 10.9 Å². The number of amides is 1. The summed E-state index contributed by atoms with van der Waals surface area (Å²) in [6, 6.07) is 5.86. The number of nitrogens with one attached hydrogen (secondary N) is 1. The molecule has 0 fully saturated rings. The van der Waals surface area contributed by atoms with E-state index in [4.69, 9.17) is 9.26 Å². The third-order valence-corrected chi connectivity index (χ3v) is 3.55. The molecular weight excluding hydrogens is 327 g/mol. The van der Waals surface area contributed by atoms with Gasteiger partial charge >= 0.3 is 0 Å². The van der Waals surface area contributed by atoms with Crippen LogP contribution in [-0.4, -0.2) is 34.7 Å². The van der Waals surface area contributed by atoms with Crippen molar-refractivity contribution >= 4 is 16.8 Å². The second-order valence-electron chi connectivity index (χ2n) is 5.52. The predicted octanol–water partition coefficient (Wildman–Crippen LogP) is 2.18. The predicted molar refractivity (Wildman–Crippen MR) is 87.5 cm³/mol. The summed E-state index contributed by atoms with van der Waals surface area (Å²) in [6.07, 6.45) is 0.402. The first-order valence-corrected chi connectivity index (χ1v) is 7.72. The largest absolute Gasteiger partial charge is 0.377 e. The van der Waals surface area contributed by atoms with Gasteiger partial charge in [0, 0.05) is 37.2 Å². The summed E-state index contributed by atoms with van der Waals surface area (Å²) in [5, 5.41) is 7.16. The smallest absolute Gasteiger partial charge is 0.252 e. The molecule has 130 valence electrons. The summed E-state index contributed by atoms with van der Waals surface area (Å²) >= 11 is 0. The molecule has 0 saturated heterocycles. The van der Waals surface area contributed by atoms with Gasteiger partial charge in [0.05, 0.1) is 11.1 Å². The number of ether oxygens (including phenoxy) is 1. The van der Waals surface area contributed by atoms with Crippen molar-refractivity contribution in [2.75, 3.05) is 13.7 Å². The topological polar surface area (TPSA) is 90.1 Å². The average Bonchev–Trinajstić information content (AvgIpc) is 3.01. The average molecular weight is 344 g/mol. The first-order valence-electron chi connectivity index (χ1n) is 7.72. The van der Waals surface area contributed by atoms with E-state index < -0.39 is 0 Å². The Morgan fingerprint density at radius 3 is 2.96 bits per heavy atom. The highest BCUT2D eigenvalue weighted by atomic mass is 19.1. The molecule has 7 nitrogen and oxygen atoms in total. The molecule has 0 aliphatic carbocycles. The molecule has 1 aromatic carbocycles. The van der Waals surface area contributed by atoms with Gasteiger partial charge in [-0.25, -0.2) is 4.39 Å². The highest BCUT2D eigenvalue weighted by Gasteiger charge is 2.13. The van der Waals surface area contributed by atoms with Crippen molar-refractivity contribution in [3.05, 3.63) is 53.1 Å². The quantitative estimate of drug-likeness (QED) is 0.737. The summed E-state index contributed by atoms with van der Waals surface area (Å²) in [6.45, 7) is 2.36. The Hall–Kier alpha value is -2.87. The summed E-state index contributed by atoms with van der Waals surface area (Å²) < 4.78 is 23.4. The zero-order valence-electron chi connectivity index (χ0n) is 13.9. The van der Waals surface area contributed by atoms with E-state index in [1.165, 1.54) is 12.1 Å². The van der Waals surface area contributed by atoms with Crippen molar-refractivity contribution in [2.45, 2.75) is 20.0 Å². The second-order valence-corrected chi connectivity index (χ2v) is 5.52. The Labute approximate surface area is 143 Å². The van der Waals surface area contributed by atoms with Gasteiger partial charge in [0.25, 0.3) is 5.91 Å². The van der Waals surface area contributed by atoms with Crippen LogP contribution in [0.1, 0.15) is 27.8 Å². The lowest BCUT2D eigenvalue weighted by Gasteiger charge is -2.08. The SMILES string of the molecule is COCc1noc(CCNC(=O)c2cc(C)nc3cc(F)ccc23)n1. The van der Waals surface area contributed by atoms with E-state index in [0.29, 0.717) is 46.8 Å². The molecule has 3 rings (SSSR count). The number of nitrogens with zero attached hydrogens (tertiary/aromatic N) is 3. The van der Waals surface area contributed by atoms with Crippen LogP contribution in [0.15, 0.2) is 28.8 Å². The Bertz CT molecular complexity index is 905. The van der Waals surface area contributed by atoms with Crippen molar-refractivity contribution in [1.82, 2.24) is 20.4 Å². The number of aryl methyl sites for hydroxylation is 1. The van der Waals surface area contributed by atoms with Gasteiger partial charge in [0.2, 0.25) is 5.89 Å². The molecule has 8 heteroatoms. The lowest BCUT2D eigenvalue weighted by atomic mass is 10.1. The molecule has 0 atom stereocenters. The van der Waals surface area contributed by atoms with Gasteiger partial charge in [-0.1, -0.05) is 5.16 Å². The molecule has 1 amide bonds. The highest BCUT2D eigenvalue weighted by molar-refractivity contribution is 6.06. The van der Waals surface area contributed by atoms with Crippen molar-refractivity contribution in [1.29, 1.82) is 0 Å². The first-order chi connectivity index (χ1) is 12.1. The van der Waals surface area contributed by atoms with Crippen LogP contribution in [0.4, 0.5) is 4.39 Å². The molecule has 0 unspecified atom stereocenters. The molecule has 0 bridgehead atoms. The van der Waals surface area contributed by atoms with Crippen LogP contribution in [0.5, 0.6) is 0 Å². The molecule has 1 N–H and O–H groups in total. The zero-order valence-corrected chi connectivity index (χ0v) is 13.9. The number of carbonyl (C=O) groups is 1. The number of rotatable bonds is 6. The lowest BCUT2D eigenvalue weighted by molar-refractivity contribution is 0.0955. The third kappa shape index (κ3) is 3.97. The van der Waals surface area contributed by atoms with Gasteiger partial charge in [0.1, 0.15) is 12.4 Å². The zero-order chi connectivity index (χ0) is 17.8. The fraction of sp³-hybridized carbons (Fsp3) is 0.294. The van der Waals surface area contributed by atoms with Crippen molar-refractivity contribution in [2.24, 2.45) is 0 Å². The Morgan fingerprint density at radius 1 is 1.32 bits per heavy atom. The number of pyridine rings is 1. The van der Waals surface area contributed by atoms with E-state index >= 15 is 0 Å². The van der Waals surface area contributed by atoms with E-state index in [1.807, 2.05) is 0 Å².